The lowest BCUT2D eigenvalue weighted by Gasteiger charge is -2.09. The number of aromatic nitrogens is 1. The Hall–Kier alpha value is -1.56. The molecule has 0 spiro atoms. The highest BCUT2D eigenvalue weighted by Crippen LogP contribution is 2.24. The molecule has 20 heavy (non-hydrogen) atoms. The zero-order valence-electron chi connectivity index (χ0n) is 12.5. The summed E-state index contributed by atoms with van der Waals surface area (Å²) < 4.78 is 0. The minimum absolute atomic E-state index is 0.705. The third-order valence-electron chi connectivity index (χ3n) is 3.99. The molecule has 2 rings (SSSR count). The van der Waals surface area contributed by atoms with Crippen LogP contribution in [0.5, 0.6) is 0 Å². The molecule has 0 bridgehead atoms. The molecule has 1 aliphatic rings. The van der Waals surface area contributed by atoms with E-state index in [-0.39, 0.29) is 0 Å². The second kappa shape index (κ2) is 7.89. The molecular formula is C17H25N3. The van der Waals surface area contributed by atoms with Crippen molar-refractivity contribution >= 4 is 5.82 Å². The molecule has 0 aliphatic heterocycles. The lowest BCUT2D eigenvalue weighted by molar-refractivity contribution is 0.616. The zero-order valence-corrected chi connectivity index (χ0v) is 12.5. The number of nitriles is 1. The van der Waals surface area contributed by atoms with Crippen LogP contribution >= 0.6 is 0 Å². The van der Waals surface area contributed by atoms with Crippen molar-refractivity contribution in [2.24, 2.45) is 0 Å². The number of anilines is 1. The second-order valence-corrected chi connectivity index (χ2v) is 5.65. The Morgan fingerprint density at radius 1 is 1.20 bits per heavy atom. The summed E-state index contributed by atoms with van der Waals surface area (Å²) in [6, 6.07) is 4.30. The Kier molecular flexibility index (Phi) is 5.86. The fourth-order valence-corrected chi connectivity index (χ4v) is 2.80. The Labute approximate surface area is 122 Å². The van der Waals surface area contributed by atoms with Crippen LogP contribution in [-0.4, -0.2) is 11.5 Å². The zero-order chi connectivity index (χ0) is 14.2. The molecule has 0 saturated carbocycles. The maximum Gasteiger partial charge on any atom is 0.144 e. The molecule has 0 unspecified atom stereocenters. The van der Waals surface area contributed by atoms with Gasteiger partial charge >= 0.3 is 0 Å². The van der Waals surface area contributed by atoms with E-state index >= 15 is 0 Å². The van der Waals surface area contributed by atoms with E-state index in [9.17, 15) is 5.26 Å². The number of hydrogen-bond acceptors (Lipinski definition) is 3. The highest BCUT2D eigenvalue weighted by molar-refractivity contribution is 5.55. The first kappa shape index (κ1) is 14.8. The van der Waals surface area contributed by atoms with Gasteiger partial charge in [0.2, 0.25) is 0 Å². The SMILES string of the molecule is CCCCCCCCNc1nc2c(cc1C#N)CCC2. The Balaban J connectivity index is 1.79. The topological polar surface area (TPSA) is 48.7 Å². The van der Waals surface area contributed by atoms with Crippen molar-refractivity contribution in [1.82, 2.24) is 4.98 Å². The van der Waals surface area contributed by atoms with Gasteiger partial charge in [-0.2, -0.15) is 5.26 Å². The van der Waals surface area contributed by atoms with Crippen LogP contribution in [0.25, 0.3) is 0 Å². The van der Waals surface area contributed by atoms with Crippen molar-refractivity contribution in [3.05, 3.63) is 22.9 Å². The van der Waals surface area contributed by atoms with Crippen LogP contribution in [-0.2, 0) is 12.8 Å². The molecule has 0 saturated heterocycles. The molecule has 0 fully saturated rings. The molecule has 1 heterocycles. The van der Waals surface area contributed by atoms with Gasteiger partial charge in [-0.05, 0) is 37.3 Å². The van der Waals surface area contributed by atoms with E-state index in [0.29, 0.717) is 5.56 Å². The predicted octanol–water partition coefficient (Wildman–Crippen LogP) is 4.21. The first-order valence-corrected chi connectivity index (χ1v) is 8.02. The van der Waals surface area contributed by atoms with E-state index in [2.05, 4.69) is 23.3 Å². The summed E-state index contributed by atoms with van der Waals surface area (Å²) in [7, 11) is 0. The number of pyridine rings is 1. The summed E-state index contributed by atoms with van der Waals surface area (Å²) in [4.78, 5) is 4.64. The Bertz CT molecular complexity index is 474. The van der Waals surface area contributed by atoms with E-state index in [0.717, 1.165) is 31.6 Å². The van der Waals surface area contributed by atoms with Gasteiger partial charge in [-0.15, -0.1) is 0 Å². The molecule has 3 heteroatoms. The first-order chi connectivity index (χ1) is 9.85. The first-order valence-electron chi connectivity index (χ1n) is 8.02. The molecule has 1 aromatic heterocycles. The lowest BCUT2D eigenvalue weighted by atomic mass is 10.1. The van der Waals surface area contributed by atoms with E-state index < -0.39 is 0 Å². The third kappa shape index (κ3) is 3.96. The number of rotatable bonds is 8. The average Bonchev–Trinajstić information content (AvgIpc) is 2.92. The number of nitrogens with one attached hydrogen (secondary N) is 1. The van der Waals surface area contributed by atoms with Crippen LogP contribution in [0.15, 0.2) is 6.07 Å². The lowest BCUT2D eigenvalue weighted by Crippen LogP contribution is -2.07. The molecule has 1 aliphatic carbocycles. The largest absolute Gasteiger partial charge is 0.369 e. The molecule has 3 nitrogen and oxygen atoms in total. The van der Waals surface area contributed by atoms with Crippen molar-refractivity contribution < 1.29 is 0 Å². The maximum absolute atomic E-state index is 9.22. The monoisotopic (exact) mass is 271 g/mol. The average molecular weight is 271 g/mol. The van der Waals surface area contributed by atoms with Gasteiger partial charge in [0, 0.05) is 12.2 Å². The van der Waals surface area contributed by atoms with Gasteiger partial charge < -0.3 is 5.32 Å². The van der Waals surface area contributed by atoms with Crippen LogP contribution in [0, 0.1) is 11.3 Å². The van der Waals surface area contributed by atoms with Crippen molar-refractivity contribution in [3.8, 4) is 6.07 Å². The molecular weight excluding hydrogens is 246 g/mol. The molecule has 0 amide bonds. The van der Waals surface area contributed by atoms with Crippen LogP contribution in [0.1, 0.15) is 68.7 Å². The standard InChI is InChI=1S/C17H25N3/c1-2-3-4-5-6-7-11-19-17-15(13-18)12-14-9-8-10-16(14)20-17/h12H,2-11H2,1H3,(H,19,20). The molecule has 0 radical (unpaired) electrons. The Morgan fingerprint density at radius 2 is 2.00 bits per heavy atom. The van der Waals surface area contributed by atoms with Gasteiger partial charge in [0.05, 0.1) is 5.56 Å². The summed E-state index contributed by atoms with van der Waals surface area (Å²) in [5.41, 5.74) is 3.16. The van der Waals surface area contributed by atoms with Crippen molar-refractivity contribution in [2.75, 3.05) is 11.9 Å². The van der Waals surface area contributed by atoms with Crippen molar-refractivity contribution in [2.45, 2.75) is 64.7 Å². The molecule has 0 atom stereocenters. The summed E-state index contributed by atoms with van der Waals surface area (Å²) in [6.45, 7) is 3.16. The quantitative estimate of drug-likeness (QED) is 0.720. The number of fused-ring (bicyclic) bond motifs is 1. The van der Waals surface area contributed by atoms with Crippen LogP contribution in [0.3, 0.4) is 0 Å². The second-order valence-electron chi connectivity index (χ2n) is 5.65. The van der Waals surface area contributed by atoms with E-state index in [1.807, 2.05) is 6.07 Å². The molecule has 0 aromatic carbocycles. The normalized spacial score (nSPS) is 13.0. The highest BCUT2D eigenvalue weighted by atomic mass is 15.0. The number of aryl methyl sites for hydroxylation is 2. The van der Waals surface area contributed by atoms with Crippen molar-refractivity contribution in [1.29, 1.82) is 5.26 Å². The predicted molar refractivity (Wildman–Crippen MR) is 82.8 cm³/mol. The maximum atomic E-state index is 9.22. The number of nitrogens with zero attached hydrogens (tertiary/aromatic N) is 2. The Morgan fingerprint density at radius 3 is 2.80 bits per heavy atom. The van der Waals surface area contributed by atoms with Gasteiger partial charge in [0.25, 0.3) is 0 Å². The summed E-state index contributed by atoms with van der Waals surface area (Å²) in [6.07, 6.45) is 11.0. The minimum atomic E-state index is 0.705. The third-order valence-corrected chi connectivity index (χ3v) is 3.99. The van der Waals surface area contributed by atoms with Gasteiger partial charge in [-0.3, -0.25) is 0 Å². The molecule has 108 valence electrons. The van der Waals surface area contributed by atoms with Crippen LogP contribution in [0.2, 0.25) is 0 Å². The van der Waals surface area contributed by atoms with E-state index in [1.54, 1.807) is 0 Å². The van der Waals surface area contributed by atoms with E-state index in [1.165, 1.54) is 49.8 Å². The summed E-state index contributed by atoms with van der Waals surface area (Å²) >= 11 is 0. The van der Waals surface area contributed by atoms with Crippen molar-refractivity contribution in [3.63, 3.8) is 0 Å². The fourth-order valence-electron chi connectivity index (χ4n) is 2.80. The molecule has 1 N–H and O–H groups in total. The fraction of sp³-hybridized carbons (Fsp3) is 0.647. The van der Waals surface area contributed by atoms with Crippen LogP contribution < -0.4 is 5.32 Å². The summed E-state index contributed by atoms with van der Waals surface area (Å²) in [5.74, 6) is 0.793. The summed E-state index contributed by atoms with van der Waals surface area (Å²) in [5, 5.41) is 12.6. The van der Waals surface area contributed by atoms with Gasteiger partial charge in [-0.1, -0.05) is 39.0 Å². The van der Waals surface area contributed by atoms with Gasteiger partial charge in [0.15, 0.2) is 0 Å². The number of hydrogen-bond donors (Lipinski definition) is 1. The van der Waals surface area contributed by atoms with Crippen LogP contribution in [0.4, 0.5) is 5.82 Å². The number of unbranched alkanes of at least 4 members (excludes halogenated alkanes) is 5. The minimum Gasteiger partial charge on any atom is -0.369 e. The van der Waals surface area contributed by atoms with E-state index in [4.69, 9.17) is 0 Å². The smallest absolute Gasteiger partial charge is 0.144 e. The van der Waals surface area contributed by atoms with Gasteiger partial charge in [0.1, 0.15) is 11.9 Å². The molecule has 1 aromatic rings. The highest BCUT2D eigenvalue weighted by Gasteiger charge is 2.15. The van der Waals surface area contributed by atoms with Gasteiger partial charge in [-0.25, -0.2) is 4.98 Å².